The number of hydrogen-bond acceptors (Lipinski definition) is 2. The van der Waals surface area contributed by atoms with Crippen LogP contribution in [-0.2, 0) is 13.2 Å². The Morgan fingerprint density at radius 2 is 2.06 bits per heavy atom. The molecule has 1 heterocycles. The highest BCUT2D eigenvalue weighted by atomic mass is 79.9. The maximum atomic E-state index is 12.5. The molecule has 0 fully saturated rings. The van der Waals surface area contributed by atoms with E-state index in [2.05, 4.69) is 26.3 Å². The smallest absolute Gasteiger partial charge is 0.352 e. The molecule has 0 saturated carbocycles. The lowest BCUT2D eigenvalue weighted by Gasteiger charge is -2.10. The molecule has 0 aliphatic heterocycles. The topological polar surface area (TPSA) is 29.9 Å². The van der Waals surface area contributed by atoms with Crippen LogP contribution >= 0.6 is 15.9 Å². The standard InChI is InChI=1S/C11H9BrF3N3/c1-18-6-8(5-16-18)17-10-3-2-7(4-9(10)12)11(13,14)15/h2-6,17H,1H3. The average Bonchev–Trinajstić information content (AvgIpc) is 2.65. The van der Waals surface area contributed by atoms with Gasteiger partial charge in [-0.25, -0.2) is 0 Å². The minimum Gasteiger partial charge on any atom is -0.352 e. The number of nitrogens with zero attached hydrogens (tertiary/aromatic N) is 2. The molecule has 0 bridgehead atoms. The predicted molar refractivity (Wildman–Crippen MR) is 65.6 cm³/mol. The number of aromatic nitrogens is 2. The van der Waals surface area contributed by atoms with Gasteiger partial charge >= 0.3 is 6.18 Å². The number of hydrogen-bond donors (Lipinski definition) is 1. The van der Waals surface area contributed by atoms with Crippen molar-refractivity contribution in [1.82, 2.24) is 9.78 Å². The highest BCUT2D eigenvalue weighted by Gasteiger charge is 2.30. The van der Waals surface area contributed by atoms with E-state index in [1.165, 1.54) is 6.07 Å². The highest BCUT2D eigenvalue weighted by molar-refractivity contribution is 9.10. The Balaban J connectivity index is 2.25. The van der Waals surface area contributed by atoms with Gasteiger partial charge < -0.3 is 5.32 Å². The summed E-state index contributed by atoms with van der Waals surface area (Å²) in [7, 11) is 1.76. The van der Waals surface area contributed by atoms with Gasteiger partial charge in [0.2, 0.25) is 0 Å². The first-order chi connectivity index (χ1) is 8.36. The van der Waals surface area contributed by atoms with Crippen LogP contribution in [0.5, 0.6) is 0 Å². The van der Waals surface area contributed by atoms with Crippen molar-refractivity contribution in [3.05, 3.63) is 40.6 Å². The molecule has 0 aliphatic rings. The first kappa shape index (κ1) is 12.9. The molecule has 0 atom stereocenters. The second kappa shape index (κ2) is 4.64. The zero-order valence-electron chi connectivity index (χ0n) is 9.29. The van der Waals surface area contributed by atoms with Crippen LogP contribution in [0.2, 0.25) is 0 Å². The van der Waals surface area contributed by atoms with Gasteiger partial charge in [0.25, 0.3) is 0 Å². The molecule has 1 aromatic heterocycles. The Hall–Kier alpha value is -1.50. The monoisotopic (exact) mass is 319 g/mol. The molecule has 3 nitrogen and oxygen atoms in total. The van der Waals surface area contributed by atoms with E-state index >= 15 is 0 Å². The molecular formula is C11H9BrF3N3. The Morgan fingerprint density at radius 3 is 2.56 bits per heavy atom. The SMILES string of the molecule is Cn1cc(Nc2ccc(C(F)(F)F)cc2Br)cn1. The van der Waals surface area contributed by atoms with Crippen LogP contribution in [0.3, 0.4) is 0 Å². The highest BCUT2D eigenvalue weighted by Crippen LogP contribution is 2.34. The fourth-order valence-corrected chi connectivity index (χ4v) is 1.91. The van der Waals surface area contributed by atoms with Gasteiger partial charge in [0.05, 0.1) is 23.1 Å². The summed E-state index contributed by atoms with van der Waals surface area (Å²) in [6, 6.07) is 3.45. The first-order valence-electron chi connectivity index (χ1n) is 4.98. The van der Waals surface area contributed by atoms with E-state index in [4.69, 9.17) is 0 Å². The van der Waals surface area contributed by atoms with Crippen molar-refractivity contribution in [3.8, 4) is 0 Å². The average molecular weight is 320 g/mol. The molecule has 2 aromatic rings. The predicted octanol–water partition coefficient (Wildman–Crippen LogP) is 3.95. The second-order valence-electron chi connectivity index (χ2n) is 3.72. The third-order valence-electron chi connectivity index (χ3n) is 2.28. The van der Waals surface area contributed by atoms with E-state index in [9.17, 15) is 13.2 Å². The van der Waals surface area contributed by atoms with Gasteiger partial charge in [-0.3, -0.25) is 4.68 Å². The molecule has 0 radical (unpaired) electrons. The Morgan fingerprint density at radius 1 is 1.33 bits per heavy atom. The lowest BCUT2D eigenvalue weighted by Crippen LogP contribution is -2.05. The molecule has 0 aliphatic carbocycles. The summed E-state index contributed by atoms with van der Waals surface area (Å²) in [5, 5.41) is 6.93. The zero-order chi connectivity index (χ0) is 13.3. The summed E-state index contributed by atoms with van der Waals surface area (Å²) in [5.74, 6) is 0. The maximum absolute atomic E-state index is 12.5. The third kappa shape index (κ3) is 2.84. The largest absolute Gasteiger partial charge is 0.416 e. The van der Waals surface area contributed by atoms with Crippen molar-refractivity contribution in [2.45, 2.75) is 6.18 Å². The molecule has 7 heteroatoms. The number of rotatable bonds is 2. The van der Waals surface area contributed by atoms with Gasteiger partial charge in [0, 0.05) is 17.7 Å². The number of anilines is 2. The molecule has 0 unspecified atom stereocenters. The molecule has 0 amide bonds. The summed E-state index contributed by atoms with van der Waals surface area (Å²) in [6.07, 6.45) is -1.02. The Kier molecular flexibility index (Phi) is 3.34. The second-order valence-corrected chi connectivity index (χ2v) is 4.57. The minimum atomic E-state index is -4.34. The fraction of sp³-hybridized carbons (Fsp3) is 0.182. The van der Waals surface area contributed by atoms with Crippen LogP contribution in [0.4, 0.5) is 24.5 Å². The number of aryl methyl sites for hydroxylation is 1. The molecule has 0 saturated heterocycles. The van der Waals surface area contributed by atoms with Gasteiger partial charge in [0.1, 0.15) is 0 Å². The zero-order valence-corrected chi connectivity index (χ0v) is 10.9. The van der Waals surface area contributed by atoms with E-state index < -0.39 is 11.7 Å². The first-order valence-corrected chi connectivity index (χ1v) is 5.78. The summed E-state index contributed by atoms with van der Waals surface area (Å²) in [6.45, 7) is 0. The Bertz CT molecular complexity index is 563. The molecule has 2 rings (SSSR count). The number of alkyl halides is 3. The van der Waals surface area contributed by atoms with Crippen LogP contribution in [-0.4, -0.2) is 9.78 Å². The fourth-order valence-electron chi connectivity index (χ4n) is 1.43. The molecule has 18 heavy (non-hydrogen) atoms. The van der Waals surface area contributed by atoms with Crippen LogP contribution in [0.1, 0.15) is 5.56 Å². The van der Waals surface area contributed by atoms with Crippen molar-refractivity contribution >= 4 is 27.3 Å². The maximum Gasteiger partial charge on any atom is 0.416 e. The van der Waals surface area contributed by atoms with Gasteiger partial charge in [-0.15, -0.1) is 0 Å². The minimum absolute atomic E-state index is 0.348. The summed E-state index contributed by atoms with van der Waals surface area (Å²) >= 11 is 3.11. The van der Waals surface area contributed by atoms with E-state index in [0.29, 0.717) is 15.8 Å². The van der Waals surface area contributed by atoms with Gasteiger partial charge in [-0.1, -0.05) is 0 Å². The van der Waals surface area contributed by atoms with Crippen molar-refractivity contribution < 1.29 is 13.2 Å². The number of halogens is 4. The van der Waals surface area contributed by atoms with Crippen molar-refractivity contribution in [2.24, 2.45) is 7.05 Å². The van der Waals surface area contributed by atoms with E-state index in [1.807, 2.05) is 0 Å². The van der Waals surface area contributed by atoms with Gasteiger partial charge in [-0.05, 0) is 34.1 Å². The number of benzene rings is 1. The van der Waals surface area contributed by atoms with Crippen molar-refractivity contribution in [3.63, 3.8) is 0 Å². The summed E-state index contributed by atoms with van der Waals surface area (Å²) < 4.78 is 39.4. The van der Waals surface area contributed by atoms with E-state index in [0.717, 1.165) is 12.1 Å². The number of nitrogens with one attached hydrogen (secondary N) is 1. The summed E-state index contributed by atoms with van der Waals surface area (Å²) in [5.41, 5.74) is 0.570. The summed E-state index contributed by atoms with van der Waals surface area (Å²) in [4.78, 5) is 0. The van der Waals surface area contributed by atoms with Crippen LogP contribution < -0.4 is 5.32 Å². The lowest BCUT2D eigenvalue weighted by molar-refractivity contribution is -0.137. The molecule has 1 N–H and O–H groups in total. The van der Waals surface area contributed by atoms with Crippen molar-refractivity contribution in [1.29, 1.82) is 0 Å². The quantitative estimate of drug-likeness (QED) is 0.908. The Labute approximate surface area is 110 Å². The van der Waals surface area contributed by atoms with E-state index in [-0.39, 0.29) is 0 Å². The molecular weight excluding hydrogens is 311 g/mol. The molecule has 96 valence electrons. The molecule has 0 spiro atoms. The van der Waals surface area contributed by atoms with Crippen LogP contribution in [0.15, 0.2) is 35.1 Å². The van der Waals surface area contributed by atoms with Gasteiger partial charge in [-0.2, -0.15) is 18.3 Å². The van der Waals surface area contributed by atoms with Crippen LogP contribution in [0.25, 0.3) is 0 Å². The molecule has 1 aromatic carbocycles. The van der Waals surface area contributed by atoms with Crippen LogP contribution in [0, 0.1) is 0 Å². The lowest BCUT2D eigenvalue weighted by atomic mass is 10.2. The third-order valence-corrected chi connectivity index (χ3v) is 2.94. The van der Waals surface area contributed by atoms with E-state index in [1.54, 1.807) is 24.1 Å². The van der Waals surface area contributed by atoms with Gasteiger partial charge in [0.15, 0.2) is 0 Å². The normalized spacial score (nSPS) is 11.6. The van der Waals surface area contributed by atoms with Crippen molar-refractivity contribution in [2.75, 3.05) is 5.32 Å².